The fourth-order valence-corrected chi connectivity index (χ4v) is 3.91. The summed E-state index contributed by atoms with van der Waals surface area (Å²) in [6, 6.07) is 1.12. The molecule has 0 aliphatic rings. The lowest BCUT2D eigenvalue weighted by atomic mass is 10.1. The van der Waals surface area contributed by atoms with Crippen LogP contribution in [0.5, 0.6) is 0 Å². The molecule has 0 heterocycles. The first-order valence-electron chi connectivity index (χ1n) is 5.29. The number of hydrogen-bond acceptors (Lipinski definition) is 2. The van der Waals surface area contributed by atoms with E-state index in [2.05, 4.69) is 32.5 Å². The van der Waals surface area contributed by atoms with E-state index in [1.54, 1.807) is 0 Å². The van der Waals surface area contributed by atoms with Crippen LogP contribution in [0.2, 0.25) is 11.1 Å². The summed E-state index contributed by atoms with van der Waals surface area (Å²) < 4.78 is 0. The third kappa shape index (κ3) is 4.55. The molecule has 0 fully saturated rings. The van der Waals surface area contributed by atoms with E-state index in [1.807, 2.05) is 0 Å². The third-order valence-corrected chi connectivity index (χ3v) is 5.43. The van der Waals surface area contributed by atoms with Crippen LogP contribution in [0, 0.1) is 0 Å². The maximum absolute atomic E-state index is 8.99. The van der Waals surface area contributed by atoms with E-state index in [0.717, 1.165) is 6.04 Å². The highest BCUT2D eigenvalue weighted by molar-refractivity contribution is 6.50. The van der Waals surface area contributed by atoms with Crippen LogP contribution in [0.3, 0.4) is 0 Å². The summed E-state index contributed by atoms with van der Waals surface area (Å²) in [6.07, 6.45) is 4.76. The van der Waals surface area contributed by atoms with Gasteiger partial charge in [0.05, 0.1) is 0 Å². The molecule has 0 atom stereocenters. The lowest BCUT2D eigenvalue weighted by molar-refractivity contribution is 0.318. The van der Waals surface area contributed by atoms with Gasteiger partial charge in [-0.05, 0) is 17.5 Å². The third-order valence-electron chi connectivity index (χ3n) is 2.54. The Hall–Kier alpha value is -0.183. The molecule has 0 aliphatic carbocycles. The molecule has 13 heavy (non-hydrogen) atoms. The van der Waals surface area contributed by atoms with E-state index < -0.39 is 8.59 Å². The molecule has 0 saturated carbocycles. The first-order valence-corrected chi connectivity index (χ1v) is 6.95. The Balaban J connectivity index is 4.21. The summed E-state index contributed by atoms with van der Waals surface area (Å²) in [4.78, 5) is 3.62. The van der Waals surface area contributed by atoms with Crippen molar-refractivity contribution in [1.29, 1.82) is 0 Å². The molecule has 1 N–H and O–H groups in total. The minimum atomic E-state index is -0.905. The normalized spacial score (nSPS) is 13.4. The van der Waals surface area contributed by atoms with Crippen LogP contribution < -0.4 is 0 Å². The molecule has 0 radical (unpaired) electrons. The molecule has 78 valence electrons. The van der Waals surface area contributed by atoms with E-state index >= 15 is 0 Å². The van der Waals surface area contributed by atoms with Crippen LogP contribution in [0.1, 0.15) is 53.4 Å². The smallest absolute Gasteiger partial charge is 0.185 e. The van der Waals surface area contributed by atoms with Gasteiger partial charge in [-0.25, -0.2) is 0 Å². The zero-order valence-electron chi connectivity index (χ0n) is 9.43. The Morgan fingerprint density at radius 3 is 2.23 bits per heavy atom. The second-order valence-corrected chi connectivity index (χ2v) is 7.23. The predicted octanol–water partition coefficient (Wildman–Crippen LogP) is 4.02. The molecule has 0 aromatic heterocycles. The Morgan fingerprint density at radius 2 is 1.85 bits per heavy atom. The number of nitrogens with zero attached hydrogens (tertiary/aromatic N) is 1. The minimum absolute atomic E-state index is 0.253. The molecule has 0 aromatic rings. The van der Waals surface area contributed by atoms with Crippen LogP contribution >= 0.6 is 0 Å². The average molecular weight is 201 g/mol. The molecule has 0 aliphatic heterocycles. The standard InChI is InChI=1S/C10H23NOSi/c1-5-7-9-13(11-12)10(3,4)8-6-2/h12H,5-9H2,1-4H3. The van der Waals surface area contributed by atoms with E-state index in [0.29, 0.717) is 0 Å². The van der Waals surface area contributed by atoms with Gasteiger partial charge in [-0.3, -0.25) is 0 Å². The summed E-state index contributed by atoms with van der Waals surface area (Å²) in [7, 11) is -0.905. The second kappa shape index (κ2) is 6.30. The summed E-state index contributed by atoms with van der Waals surface area (Å²) in [5, 5.41) is 9.24. The van der Waals surface area contributed by atoms with Crippen LogP contribution in [0.25, 0.3) is 0 Å². The van der Waals surface area contributed by atoms with E-state index in [4.69, 9.17) is 5.21 Å². The summed E-state index contributed by atoms with van der Waals surface area (Å²) >= 11 is 0. The average Bonchev–Trinajstić information content (AvgIpc) is 2.05. The van der Waals surface area contributed by atoms with Gasteiger partial charge in [0.15, 0.2) is 8.59 Å². The monoisotopic (exact) mass is 201 g/mol. The van der Waals surface area contributed by atoms with Crippen LogP contribution in [0.4, 0.5) is 0 Å². The van der Waals surface area contributed by atoms with Gasteiger partial charge in [-0.2, -0.15) is 4.80 Å². The van der Waals surface area contributed by atoms with Gasteiger partial charge >= 0.3 is 0 Å². The second-order valence-electron chi connectivity index (χ2n) is 4.28. The van der Waals surface area contributed by atoms with Gasteiger partial charge in [0.1, 0.15) is 0 Å². The van der Waals surface area contributed by atoms with Gasteiger partial charge in [0, 0.05) is 0 Å². The predicted molar refractivity (Wildman–Crippen MR) is 58.6 cm³/mol. The van der Waals surface area contributed by atoms with E-state index in [9.17, 15) is 0 Å². The largest absolute Gasteiger partial charge is 0.421 e. The van der Waals surface area contributed by atoms with Crippen molar-refractivity contribution in [1.82, 2.24) is 0 Å². The van der Waals surface area contributed by atoms with Crippen molar-refractivity contribution in [3.8, 4) is 0 Å². The van der Waals surface area contributed by atoms with Crippen LogP contribution in [-0.4, -0.2) is 13.8 Å². The van der Waals surface area contributed by atoms with Crippen LogP contribution in [-0.2, 0) is 0 Å². The molecule has 0 aromatic carbocycles. The Kier molecular flexibility index (Phi) is 6.21. The summed E-state index contributed by atoms with van der Waals surface area (Å²) in [5.41, 5.74) is 0. The minimum Gasteiger partial charge on any atom is -0.421 e. The summed E-state index contributed by atoms with van der Waals surface area (Å²) in [6.45, 7) is 8.85. The first-order chi connectivity index (χ1) is 6.08. The Morgan fingerprint density at radius 1 is 1.23 bits per heavy atom. The van der Waals surface area contributed by atoms with Gasteiger partial charge in [0.25, 0.3) is 0 Å². The van der Waals surface area contributed by atoms with Gasteiger partial charge in [-0.1, -0.05) is 47.0 Å². The SMILES string of the molecule is CCCC[Si](=NO)C(C)(C)CCC. The quantitative estimate of drug-likeness (QED) is 0.511. The molecule has 0 rings (SSSR count). The first kappa shape index (κ1) is 12.8. The Labute approximate surface area is 83.7 Å². The fourth-order valence-electron chi connectivity index (χ4n) is 1.64. The molecule has 0 saturated heterocycles. The molecule has 0 amide bonds. The highest BCUT2D eigenvalue weighted by atomic mass is 28.2. The lowest BCUT2D eigenvalue weighted by Crippen LogP contribution is -2.19. The van der Waals surface area contributed by atoms with Crippen molar-refractivity contribution in [3.05, 3.63) is 0 Å². The van der Waals surface area contributed by atoms with Crippen molar-refractivity contribution < 1.29 is 5.21 Å². The van der Waals surface area contributed by atoms with Crippen molar-refractivity contribution >= 4 is 8.59 Å². The maximum atomic E-state index is 8.99. The Bertz CT molecular complexity index is 166. The number of rotatable bonds is 6. The molecule has 0 spiro atoms. The fraction of sp³-hybridized carbons (Fsp3) is 1.00. The van der Waals surface area contributed by atoms with Gasteiger partial charge in [0.2, 0.25) is 0 Å². The topological polar surface area (TPSA) is 32.6 Å². The molecular formula is C10H23NOSi. The van der Waals surface area contributed by atoms with Gasteiger partial charge in [-0.15, -0.1) is 0 Å². The lowest BCUT2D eigenvalue weighted by Gasteiger charge is -2.23. The number of unbranched alkanes of at least 4 members (excludes halogenated alkanes) is 1. The van der Waals surface area contributed by atoms with E-state index in [1.165, 1.54) is 25.7 Å². The molecule has 0 unspecified atom stereocenters. The van der Waals surface area contributed by atoms with Crippen molar-refractivity contribution in [3.63, 3.8) is 0 Å². The van der Waals surface area contributed by atoms with E-state index in [-0.39, 0.29) is 5.04 Å². The van der Waals surface area contributed by atoms with Crippen molar-refractivity contribution in [2.24, 2.45) is 4.80 Å². The summed E-state index contributed by atoms with van der Waals surface area (Å²) in [5.74, 6) is 0. The van der Waals surface area contributed by atoms with Crippen molar-refractivity contribution in [2.45, 2.75) is 64.5 Å². The van der Waals surface area contributed by atoms with Gasteiger partial charge < -0.3 is 5.21 Å². The highest BCUT2D eigenvalue weighted by Gasteiger charge is 2.25. The van der Waals surface area contributed by atoms with Crippen molar-refractivity contribution in [2.75, 3.05) is 0 Å². The highest BCUT2D eigenvalue weighted by Crippen LogP contribution is 2.33. The zero-order valence-corrected chi connectivity index (χ0v) is 10.4. The van der Waals surface area contributed by atoms with Crippen LogP contribution in [0.15, 0.2) is 4.80 Å². The number of hydrogen-bond donors (Lipinski definition) is 1. The maximum Gasteiger partial charge on any atom is 0.185 e. The zero-order chi connectivity index (χ0) is 10.3. The molecular weight excluding hydrogens is 178 g/mol. The molecule has 2 nitrogen and oxygen atoms in total. The molecule has 0 bridgehead atoms. The molecule has 3 heteroatoms.